The Balaban J connectivity index is 1.73. The fourth-order valence-corrected chi connectivity index (χ4v) is 3.00. The van der Waals surface area contributed by atoms with Crippen molar-refractivity contribution in [3.05, 3.63) is 12.2 Å². The summed E-state index contributed by atoms with van der Waals surface area (Å²) in [5.41, 5.74) is 0. The van der Waals surface area contributed by atoms with E-state index in [2.05, 4.69) is 5.32 Å². The van der Waals surface area contributed by atoms with Crippen LogP contribution < -0.4 is 5.32 Å². The van der Waals surface area contributed by atoms with E-state index in [-0.39, 0.29) is 47.8 Å². The lowest BCUT2D eigenvalue weighted by Gasteiger charge is -2.30. The van der Waals surface area contributed by atoms with Crippen LogP contribution in [0.3, 0.4) is 0 Å². The van der Waals surface area contributed by atoms with Gasteiger partial charge in [0.15, 0.2) is 5.78 Å². The van der Waals surface area contributed by atoms with Crippen LogP contribution in [0.25, 0.3) is 0 Å². The predicted octanol–water partition coefficient (Wildman–Crippen LogP) is 1.06. The molecule has 0 aromatic heterocycles. The van der Waals surface area contributed by atoms with E-state index >= 15 is 0 Å². The largest absolute Gasteiger partial charge is 0.349 e. The second-order valence-corrected chi connectivity index (χ2v) is 6.68. The van der Waals surface area contributed by atoms with Gasteiger partial charge in [0.25, 0.3) is 11.8 Å². The van der Waals surface area contributed by atoms with Gasteiger partial charge in [0.05, 0.1) is 6.54 Å². The van der Waals surface area contributed by atoms with Crippen LogP contribution in [0, 0.1) is 17.8 Å². The molecule has 6 heteroatoms. The smallest absolute Gasteiger partial charge is 0.253 e. The van der Waals surface area contributed by atoms with Crippen LogP contribution in [0.15, 0.2) is 12.2 Å². The molecule has 0 aromatic carbocycles. The highest BCUT2D eigenvalue weighted by Crippen LogP contribution is 2.30. The van der Waals surface area contributed by atoms with Crippen LogP contribution in [-0.4, -0.2) is 41.5 Å². The summed E-state index contributed by atoms with van der Waals surface area (Å²) in [6.45, 7) is 4.16. The highest BCUT2D eigenvalue weighted by Gasteiger charge is 2.31. The van der Waals surface area contributed by atoms with Gasteiger partial charge >= 0.3 is 0 Å². The summed E-state index contributed by atoms with van der Waals surface area (Å²) in [7, 11) is 0. The summed E-state index contributed by atoms with van der Waals surface area (Å²) in [5, 5.41) is 2.72. The summed E-state index contributed by atoms with van der Waals surface area (Å²) < 4.78 is 0. The number of amides is 3. The Labute approximate surface area is 136 Å². The number of rotatable bonds is 6. The van der Waals surface area contributed by atoms with Crippen molar-refractivity contribution in [3.8, 4) is 0 Å². The maximum atomic E-state index is 12.1. The number of hydrogen-bond donors (Lipinski definition) is 1. The molecule has 126 valence electrons. The molecule has 6 nitrogen and oxygen atoms in total. The van der Waals surface area contributed by atoms with Crippen molar-refractivity contribution in [1.29, 1.82) is 0 Å². The standard InChI is InChI=1S/C17H24N2O4/c1-11(2)14(20)9-18-17(23)13-5-3-12(4-6-13)10-19-15(21)7-8-16(19)22/h7-8,11-13H,3-6,9-10H2,1-2H3,(H,18,23). The van der Waals surface area contributed by atoms with Crippen LogP contribution >= 0.6 is 0 Å². The van der Waals surface area contributed by atoms with E-state index in [1.807, 2.05) is 13.8 Å². The van der Waals surface area contributed by atoms with Crippen molar-refractivity contribution < 1.29 is 19.2 Å². The highest BCUT2D eigenvalue weighted by atomic mass is 16.2. The van der Waals surface area contributed by atoms with Crippen molar-refractivity contribution in [1.82, 2.24) is 10.2 Å². The van der Waals surface area contributed by atoms with Crippen LogP contribution in [-0.2, 0) is 19.2 Å². The lowest BCUT2D eigenvalue weighted by Crippen LogP contribution is -2.39. The molecule has 2 aliphatic rings. The number of carbonyl (C=O) groups is 4. The van der Waals surface area contributed by atoms with E-state index < -0.39 is 0 Å². The van der Waals surface area contributed by atoms with Gasteiger partial charge in [-0.15, -0.1) is 0 Å². The third-order valence-electron chi connectivity index (χ3n) is 4.64. The van der Waals surface area contributed by atoms with Crippen LogP contribution in [0.1, 0.15) is 39.5 Å². The van der Waals surface area contributed by atoms with Gasteiger partial charge in [0.1, 0.15) is 0 Å². The zero-order chi connectivity index (χ0) is 17.0. The maximum Gasteiger partial charge on any atom is 0.253 e. The van der Waals surface area contributed by atoms with Gasteiger partial charge in [0, 0.05) is 30.5 Å². The molecule has 0 radical (unpaired) electrons. The van der Waals surface area contributed by atoms with Crippen molar-refractivity contribution in [2.75, 3.05) is 13.1 Å². The van der Waals surface area contributed by atoms with Gasteiger partial charge in [-0.2, -0.15) is 0 Å². The number of nitrogens with one attached hydrogen (secondary N) is 1. The molecule has 0 bridgehead atoms. The fourth-order valence-electron chi connectivity index (χ4n) is 3.00. The second kappa shape index (κ2) is 7.53. The SMILES string of the molecule is CC(C)C(=O)CNC(=O)C1CCC(CN2C(=O)C=CC2=O)CC1. The van der Waals surface area contributed by atoms with Crippen molar-refractivity contribution in [2.45, 2.75) is 39.5 Å². The summed E-state index contributed by atoms with van der Waals surface area (Å²) in [6, 6.07) is 0. The first-order chi connectivity index (χ1) is 10.9. The van der Waals surface area contributed by atoms with E-state index in [9.17, 15) is 19.2 Å². The molecule has 0 aromatic rings. The number of imide groups is 1. The van der Waals surface area contributed by atoms with Crippen molar-refractivity contribution in [2.24, 2.45) is 17.8 Å². The number of hydrogen-bond acceptors (Lipinski definition) is 4. The maximum absolute atomic E-state index is 12.1. The van der Waals surface area contributed by atoms with Crippen LogP contribution in [0.4, 0.5) is 0 Å². The molecule has 1 aliphatic carbocycles. The summed E-state index contributed by atoms with van der Waals surface area (Å²) in [4.78, 5) is 48.0. The summed E-state index contributed by atoms with van der Waals surface area (Å²) in [6.07, 6.45) is 5.69. The lowest BCUT2D eigenvalue weighted by molar-refractivity contribution is -0.138. The molecular weight excluding hydrogens is 296 g/mol. The number of Topliss-reactive ketones (excluding diaryl/α,β-unsaturated/α-hetero) is 1. The molecule has 1 aliphatic heterocycles. The Hall–Kier alpha value is -1.98. The quantitative estimate of drug-likeness (QED) is 0.742. The zero-order valence-corrected chi connectivity index (χ0v) is 13.7. The number of nitrogens with zero attached hydrogens (tertiary/aromatic N) is 1. The summed E-state index contributed by atoms with van der Waals surface area (Å²) in [5.74, 6) is -0.421. The average Bonchev–Trinajstić information content (AvgIpc) is 2.84. The molecular formula is C17H24N2O4. The number of carbonyl (C=O) groups excluding carboxylic acids is 4. The molecule has 1 heterocycles. The minimum atomic E-state index is -0.248. The van der Waals surface area contributed by atoms with Gasteiger partial charge in [-0.25, -0.2) is 0 Å². The normalized spacial score (nSPS) is 24.4. The van der Waals surface area contributed by atoms with Gasteiger partial charge < -0.3 is 5.32 Å². The molecule has 0 spiro atoms. The van der Waals surface area contributed by atoms with Gasteiger partial charge in [-0.3, -0.25) is 24.1 Å². The number of ketones is 1. The Morgan fingerprint density at radius 1 is 1.13 bits per heavy atom. The molecule has 0 saturated heterocycles. The molecule has 0 atom stereocenters. The van der Waals surface area contributed by atoms with E-state index in [1.54, 1.807) is 0 Å². The van der Waals surface area contributed by atoms with Gasteiger partial charge in [0.2, 0.25) is 5.91 Å². The third kappa shape index (κ3) is 4.50. The first kappa shape index (κ1) is 17.4. The zero-order valence-electron chi connectivity index (χ0n) is 13.7. The minimum absolute atomic E-state index is 0.0330. The Bertz CT molecular complexity index is 513. The van der Waals surface area contributed by atoms with Gasteiger partial charge in [-0.05, 0) is 31.6 Å². The topological polar surface area (TPSA) is 83.6 Å². The third-order valence-corrected chi connectivity index (χ3v) is 4.64. The highest BCUT2D eigenvalue weighted by molar-refractivity contribution is 6.12. The van der Waals surface area contributed by atoms with Crippen LogP contribution in [0.5, 0.6) is 0 Å². The minimum Gasteiger partial charge on any atom is -0.349 e. The van der Waals surface area contributed by atoms with E-state index in [1.165, 1.54) is 17.1 Å². The van der Waals surface area contributed by atoms with E-state index in [4.69, 9.17) is 0 Å². The first-order valence-corrected chi connectivity index (χ1v) is 8.22. The first-order valence-electron chi connectivity index (χ1n) is 8.22. The molecule has 1 saturated carbocycles. The molecule has 23 heavy (non-hydrogen) atoms. The second-order valence-electron chi connectivity index (χ2n) is 6.68. The molecule has 2 rings (SSSR count). The molecule has 0 unspecified atom stereocenters. The fraction of sp³-hybridized carbons (Fsp3) is 0.647. The Morgan fingerprint density at radius 2 is 1.70 bits per heavy atom. The Kier molecular flexibility index (Phi) is 5.69. The Morgan fingerprint density at radius 3 is 2.22 bits per heavy atom. The monoisotopic (exact) mass is 320 g/mol. The van der Waals surface area contributed by atoms with Crippen molar-refractivity contribution >= 4 is 23.5 Å². The summed E-state index contributed by atoms with van der Waals surface area (Å²) >= 11 is 0. The van der Waals surface area contributed by atoms with E-state index in [0.717, 1.165) is 25.7 Å². The van der Waals surface area contributed by atoms with Gasteiger partial charge in [-0.1, -0.05) is 13.8 Å². The van der Waals surface area contributed by atoms with Crippen molar-refractivity contribution in [3.63, 3.8) is 0 Å². The van der Waals surface area contributed by atoms with E-state index in [0.29, 0.717) is 6.54 Å². The predicted molar refractivity (Wildman–Crippen MR) is 84.2 cm³/mol. The molecule has 3 amide bonds. The molecule has 1 fully saturated rings. The lowest BCUT2D eigenvalue weighted by atomic mass is 9.81. The van der Waals surface area contributed by atoms with Crippen LogP contribution in [0.2, 0.25) is 0 Å². The average molecular weight is 320 g/mol. The molecule has 1 N–H and O–H groups in total.